The molecule has 0 aliphatic carbocycles. The van der Waals surface area contributed by atoms with Crippen molar-refractivity contribution < 1.29 is 14.6 Å². The number of aliphatic hydroxyl groups excluding tert-OH is 1. The van der Waals surface area contributed by atoms with E-state index in [0.29, 0.717) is 43.5 Å². The molecular weight excluding hydrogens is 412 g/mol. The highest BCUT2D eigenvalue weighted by molar-refractivity contribution is 5.84. The Morgan fingerprint density at radius 1 is 1.31 bits per heavy atom. The SMILES string of the molecule is Cc1nc(-c2cn3c(n2)-c2cnc(N4C[C@H](O)C[C@H]4C(N)=O)cc2OCC3)n(C(C)C)n1. The third kappa shape index (κ3) is 3.38. The number of fused-ring (bicyclic) bond motifs is 3. The van der Waals surface area contributed by atoms with Crippen molar-refractivity contribution in [3.63, 3.8) is 0 Å². The van der Waals surface area contributed by atoms with Crippen molar-refractivity contribution in [2.45, 2.75) is 51.9 Å². The number of imidazole rings is 1. The number of carbonyl (C=O) groups excluding carboxylic acids is 1. The zero-order chi connectivity index (χ0) is 22.6. The molecule has 1 fully saturated rings. The van der Waals surface area contributed by atoms with Crippen LogP contribution in [0.2, 0.25) is 0 Å². The van der Waals surface area contributed by atoms with E-state index in [1.165, 1.54) is 0 Å². The smallest absolute Gasteiger partial charge is 0.240 e. The van der Waals surface area contributed by atoms with E-state index in [0.717, 1.165) is 22.9 Å². The van der Waals surface area contributed by atoms with Gasteiger partial charge in [0.2, 0.25) is 5.91 Å². The number of aliphatic hydroxyl groups is 1. The minimum atomic E-state index is -0.628. The fraction of sp³-hybridized carbons (Fsp3) is 0.476. The molecule has 2 aliphatic rings. The molecule has 0 saturated carbocycles. The summed E-state index contributed by atoms with van der Waals surface area (Å²) in [5.74, 6) is 2.83. The van der Waals surface area contributed by atoms with Crippen LogP contribution in [0.4, 0.5) is 5.82 Å². The molecule has 32 heavy (non-hydrogen) atoms. The van der Waals surface area contributed by atoms with Crippen LogP contribution in [-0.4, -0.2) is 65.6 Å². The van der Waals surface area contributed by atoms with E-state index in [2.05, 4.69) is 28.9 Å². The van der Waals surface area contributed by atoms with E-state index in [1.54, 1.807) is 17.2 Å². The van der Waals surface area contributed by atoms with Crippen LogP contribution in [0.1, 0.15) is 32.1 Å². The maximum Gasteiger partial charge on any atom is 0.240 e. The topological polar surface area (TPSA) is 137 Å². The van der Waals surface area contributed by atoms with E-state index >= 15 is 0 Å². The van der Waals surface area contributed by atoms with E-state index in [-0.39, 0.29) is 6.04 Å². The van der Waals surface area contributed by atoms with Crippen LogP contribution in [0.15, 0.2) is 18.5 Å². The molecule has 1 saturated heterocycles. The van der Waals surface area contributed by atoms with Gasteiger partial charge < -0.3 is 25.0 Å². The average Bonchev–Trinajstić information content (AvgIpc) is 3.42. The van der Waals surface area contributed by atoms with Crippen LogP contribution >= 0.6 is 0 Å². The highest BCUT2D eigenvalue weighted by atomic mass is 16.5. The van der Waals surface area contributed by atoms with Crippen molar-refractivity contribution in [2.24, 2.45) is 5.73 Å². The van der Waals surface area contributed by atoms with Gasteiger partial charge in [-0.05, 0) is 20.8 Å². The number of ether oxygens (including phenoxy) is 1. The van der Waals surface area contributed by atoms with Crippen molar-refractivity contribution in [3.05, 3.63) is 24.3 Å². The third-order valence-corrected chi connectivity index (χ3v) is 5.82. The Hall–Kier alpha value is -3.47. The van der Waals surface area contributed by atoms with Gasteiger partial charge in [-0.3, -0.25) is 4.79 Å². The van der Waals surface area contributed by atoms with Gasteiger partial charge in [-0.25, -0.2) is 19.6 Å². The molecule has 3 aromatic heterocycles. The zero-order valence-electron chi connectivity index (χ0n) is 18.3. The molecule has 5 rings (SSSR count). The lowest BCUT2D eigenvalue weighted by molar-refractivity contribution is -0.119. The molecule has 0 spiro atoms. The van der Waals surface area contributed by atoms with Crippen LogP contribution in [0.5, 0.6) is 5.75 Å². The van der Waals surface area contributed by atoms with Crippen LogP contribution in [0.3, 0.4) is 0 Å². The van der Waals surface area contributed by atoms with E-state index in [1.807, 2.05) is 22.4 Å². The number of β-amino-alcohol motifs (C(OH)–C–C–N with tert-alkyl or cyclic N) is 1. The molecule has 0 aromatic carbocycles. The predicted octanol–water partition coefficient (Wildman–Crippen LogP) is 0.910. The summed E-state index contributed by atoms with van der Waals surface area (Å²) < 4.78 is 9.89. The fourth-order valence-electron chi connectivity index (χ4n) is 4.34. The minimum absolute atomic E-state index is 0.154. The number of nitrogens with two attached hydrogens (primary N) is 1. The third-order valence-electron chi connectivity index (χ3n) is 5.82. The molecule has 11 nitrogen and oxygen atoms in total. The molecule has 2 aliphatic heterocycles. The number of carbonyl (C=O) groups is 1. The second-order valence-corrected chi connectivity index (χ2v) is 8.51. The Labute approximate surface area is 184 Å². The number of aryl methyl sites for hydroxylation is 1. The van der Waals surface area contributed by atoms with Gasteiger partial charge in [0.25, 0.3) is 0 Å². The van der Waals surface area contributed by atoms with Gasteiger partial charge in [-0.1, -0.05) is 0 Å². The first-order valence-electron chi connectivity index (χ1n) is 10.7. The molecule has 3 aromatic rings. The lowest BCUT2D eigenvalue weighted by Gasteiger charge is -2.23. The summed E-state index contributed by atoms with van der Waals surface area (Å²) in [5.41, 5.74) is 7.02. The Bertz CT molecular complexity index is 1180. The average molecular weight is 438 g/mol. The lowest BCUT2D eigenvalue weighted by Crippen LogP contribution is -2.40. The molecule has 2 atom stereocenters. The van der Waals surface area contributed by atoms with Crippen molar-refractivity contribution in [1.29, 1.82) is 0 Å². The summed E-state index contributed by atoms with van der Waals surface area (Å²) >= 11 is 0. The Kier molecular flexibility index (Phi) is 4.85. The number of amides is 1. The molecule has 168 valence electrons. The fourth-order valence-corrected chi connectivity index (χ4v) is 4.34. The molecule has 5 heterocycles. The van der Waals surface area contributed by atoms with Crippen molar-refractivity contribution in [3.8, 4) is 28.7 Å². The summed E-state index contributed by atoms with van der Waals surface area (Å²) in [6, 6.07) is 1.34. The molecule has 0 unspecified atom stereocenters. The monoisotopic (exact) mass is 438 g/mol. The molecule has 1 amide bonds. The van der Waals surface area contributed by atoms with Gasteiger partial charge in [0.1, 0.15) is 41.6 Å². The molecule has 0 bridgehead atoms. The standard InChI is InChI=1S/C21H26N8O3/c1-11(2)29-21(24-12(3)26-29)15-10-27-4-5-32-17-7-18(23-8-14(17)20(27)25-15)28-9-13(30)6-16(28)19(22)31/h7-8,10-11,13,16,30H,4-6,9H2,1-3H3,(H2,22,31)/t13-,16+/m1/s1. The van der Waals surface area contributed by atoms with Gasteiger partial charge >= 0.3 is 0 Å². The Morgan fingerprint density at radius 3 is 2.88 bits per heavy atom. The summed E-state index contributed by atoms with van der Waals surface area (Å²) in [5, 5.41) is 14.5. The molecule has 11 heteroatoms. The van der Waals surface area contributed by atoms with Crippen LogP contribution < -0.4 is 15.4 Å². The van der Waals surface area contributed by atoms with Crippen molar-refractivity contribution >= 4 is 11.7 Å². The Balaban J connectivity index is 1.54. The first kappa shape index (κ1) is 20.4. The van der Waals surface area contributed by atoms with Crippen LogP contribution in [0.25, 0.3) is 22.9 Å². The maximum atomic E-state index is 11.8. The normalized spacial score (nSPS) is 20.1. The number of aromatic nitrogens is 6. The number of pyridine rings is 1. The quantitative estimate of drug-likeness (QED) is 0.613. The van der Waals surface area contributed by atoms with Crippen LogP contribution in [-0.2, 0) is 11.3 Å². The number of hydrogen-bond donors (Lipinski definition) is 2. The first-order valence-corrected chi connectivity index (χ1v) is 10.7. The number of anilines is 1. The largest absolute Gasteiger partial charge is 0.491 e. The van der Waals surface area contributed by atoms with Gasteiger partial charge in [0.15, 0.2) is 5.82 Å². The van der Waals surface area contributed by atoms with Crippen LogP contribution in [0, 0.1) is 6.92 Å². The molecule has 0 radical (unpaired) electrons. The number of rotatable bonds is 4. The number of hydrogen-bond acceptors (Lipinski definition) is 8. The predicted molar refractivity (Wildman–Crippen MR) is 116 cm³/mol. The van der Waals surface area contributed by atoms with Gasteiger partial charge in [-0.15, -0.1) is 0 Å². The van der Waals surface area contributed by atoms with Gasteiger partial charge in [0.05, 0.1) is 18.2 Å². The molecule has 3 N–H and O–H groups in total. The highest BCUT2D eigenvalue weighted by Crippen LogP contribution is 2.36. The Morgan fingerprint density at radius 2 is 2.12 bits per heavy atom. The van der Waals surface area contributed by atoms with Gasteiger partial charge in [-0.2, -0.15) is 5.10 Å². The van der Waals surface area contributed by atoms with E-state index in [9.17, 15) is 9.90 Å². The second kappa shape index (κ2) is 7.59. The summed E-state index contributed by atoms with van der Waals surface area (Å²) in [6.07, 6.45) is 3.32. The molecular formula is C21H26N8O3. The minimum Gasteiger partial charge on any atom is -0.491 e. The zero-order valence-corrected chi connectivity index (χ0v) is 18.3. The first-order chi connectivity index (χ1) is 15.3. The van der Waals surface area contributed by atoms with Crippen molar-refractivity contribution in [1.82, 2.24) is 29.3 Å². The number of nitrogens with zero attached hydrogens (tertiary/aromatic N) is 7. The number of primary amides is 1. The summed E-state index contributed by atoms with van der Waals surface area (Å²) in [4.78, 5) is 27.6. The summed E-state index contributed by atoms with van der Waals surface area (Å²) in [7, 11) is 0. The van der Waals surface area contributed by atoms with E-state index < -0.39 is 18.1 Å². The van der Waals surface area contributed by atoms with Gasteiger partial charge in [0, 0.05) is 37.5 Å². The highest BCUT2D eigenvalue weighted by Gasteiger charge is 2.36. The van der Waals surface area contributed by atoms with Crippen molar-refractivity contribution in [2.75, 3.05) is 18.1 Å². The lowest BCUT2D eigenvalue weighted by atomic mass is 10.2. The summed E-state index contributed by atoms with van der Waals surface area (Å²) in [6.45, 7) is 7.35. The maximum absolute atomic E-state index is 11.8. The second-order valence-electron chi connectivity index (χ2n) is 8.51. The van der Waals surface area contributed by atoms with E-state index in [4.69, 9.17) is 15.5 Å².